The van der Waals surface area contributed by atoms with Gasteiger partial charge in [-0.1, -0.05) is 23.9 Å². The molecule has 0 aliphatic rings. The van der Waals surface area contributed by atoms with E-state index in [2.05, 4.69) is 20.7 Å². The molecule has 0 unspecified atom stereocenters. The maximum atomic E-state index is 12.1. The molecule has 0 aliphatic carbocycles. The van der Waals surface area contributed by atoms with Crippen molar-refractivity contribution in [3.8, 4) is 0 Å². The van der Waals surface area contributed by atoms with Crippen LogP contribution in [0.5, 0.6) is 0 Å². The lowest BCUT2D eigenvalue weighted by Crippen LogP contribution is -2.17. The normalized spacial score (nSPS) is 11.1. The first kappa shape index (κ1) is 17.4. The minimum Gasteiger partial charge on any atom is -0.312 e. The van der Waals surface area contributed by atoms with E-state index in [1.807, 2.05) is 42.1 Å². The third-order valence-electron chi connectivity index (χ3n) is 3.50. The molecule has 1 amide bonds. The molecule has 2 heterocycles. The maximum Gasteiger partial charge on any atom is 0.271 e. The monoisotopic (exact) mass is 371 g/mol. The quantitative estimate of drug-likeness (QED) is 0.410. The molecule has 0 aliphatic heterocycles. The average Bonchev–Trinajstić information content (AvgIpc) is 3.22. The molecule has 0 saturated heterocycles. The van der Waals surface area contributed by atoms with Crippen molar-refractivity contribution in [3.05, 3.63) is 63.6 Å². The lowest BCUT2D eigenvalue weighted by Gasteiger charge is -2.03. The van der Waals surface area contributed by atoms with Crippen molar-refractivity contribution in [2.24, 2.45) is 12.1 Å². The molecular formula is C17H17N5OS2. The largest absolute Gasteiger partial charge is 0.312 e. The highest BCUT2D eigenvalue weighted by molar-refractivity contribution is 7.98. The molecule has 3 aromatic rings. The first-order valence-electron chi connectivity index (χ1n) is 7.56. The van der Waals surface area contributed by atoms with Crippen molar-refractivity contribution in [1.29, 1.82) is 0 Å². The van der Waals surface area contributed by atoms with Gasteiger partial charge in [0.15, 0.2) is 5.16 Å². The van der Waals surface area contributed by atoms with Crippen LogP contribution in [0.1, 0.15) is 26.4 Å². The summed E-state index contributed by atoms with van der Waals surface area (Å²) in [5, 5.41) is 14.8. The standard InChI is InChI=1S/C17H17N5OS2/c1-12-7-8-24-15(12)9-18-20-16(23)14-5-3-13(4-6-14)10-25-17-21-19-11-22(17)2/h3-9,11H,10H2,1-2H3,(H,20,23)/b18-9-. The summed E-state index contributed by atoms with van der Waals surface area (Å²) < 4.78 is 1.87. The van der Waals surface area contributed by atoms with Gasteiger partial charge in [0.1, 0.15) is 6.33 Å². The zero-order chi connectivity index (χ0) is 17.6. The van der Waals surface area contributed by atoms with Crippen LogP contribution in [0.15, 0.2) is 52.3 Å². The number of aromatic nitrogens is 3. The first-order valence-corrected chi connectivity index (χ1v) is 9.43. The van der Waals surface area contributed by atoms with E-state index >= 15 is 0 Å². The van der Waals surface area contributed by atoms with Crippen molar-refractivity contribution in [2.75, 3.05) is 0 Å². The summed E-state index contributed by atoms with van der Waals surface area (Å²) in [5.41, 5.74) is 5.39. The summed E-state index contributed by atoms with van der Waals surface area (Å²) in [6, 6.07) is 9.49. The van der Waals surface area contributed by atoms with E-state index in [0.717, 1.165) is 26.9 Å². The van der Waals surface area contributed by atoms with Gasteiger partial charge in [-0.15, -0.1) is 21.5 Å². The lowest BCUT2D eigenvalue weighted by atomic mass is 10.1. The Kier molecular flexibility index (Phi) is 5.62. The van der Waals surface area contributed by atoms with Gasteiger partial charge in [-0.3, -0.25) is 4.79 Å². The number of aryl methyl sites for hydroxylation is 2. The Hall–Kier alpha value is -2.45. The minimum absolute atomic E-state index is 0.224. The van der Waals surface area contributed by atoms with E-state index in [0.29, 0.717) is 5.56 Å². The number of hydrogen-bond acceptors (Lipinski definition) is 6. The number of carbonyl (C=O) groups excluding carboxylic acids is 1. The molecule has 0 saturated carbocycles. The molecule has 0 bridgehead atoms. The van der Waals surface area contributed by atoms with Crippen molar-refractivity contribution in [1.82, 2.24) is 20.2 Å². The molecule has 2 aromatic heterocycles. The first-order chi connectivity index (χ1) is 12.1. The Balaban J connectivity index is 1.54. The molecule has 1 N–H and O–H groups in total. The Morgan fingerprint density at radius 2 is 2.16 bits per heavy atom. The number of thioether (sulfide) groups is 1. The van der Waals surface area contributed by atoms with Crippen molar-refractivity contribution in [3.63, 3.8) is 0 Å². The van der Waals surface area contributed by atoms with Gasteiger partial charge >= 0.3 is 0 Å². The third kappa shape index (κ3) is 4.55. The Morgan fingerprint density at radius 3 is 2.80 bits per heavy atom. The number of benzene rings is 1. The van der Waals surface area contributed by atoms with Crippen LogP contribution in [0, 0.1) is 6.92 Å². The molecule has 8 heteroatoms. The zero-order valence-corrected chi connectivity index (χ0v) is 15.5. The van der Waals surface area contributed by atoms with Gasteiger partial charge in [-0.2, -0.15) is 5.10 Å². The van der Waals surface area contributed by atoms with E-state index in [1.54, 1.807) is 47.8 Å². The van der Waals surface area contributed by atoms with Gasteiger partial charge in [0, 0.05) is 23.2 Å². The highest BCUT2D eigenvalue weighted by Gasteiger charge is 2.06. The second-order valence-electron chi connectivity index (χ2n) is 5.38. The number of nitrogens with zero attached hydrogens (tertiary/aromatic N) is 4. The number of hydrogen-bond donors (Lipinski definition) is 1. The fraction of sp³-hybridized carbons (Fsp3) is 0.176. The second kappa shape index (κ2) is 8.09. The number of nitrogens with one attached hydrogen (secondary N) is 1. The zero-order valence-electron chi connectivity index (χ0n) is 13.8. The molecule has 25 heavy (non-hydrogen) atoms. The van der Waals surface area contributed by atoms with Gasteiger partial charge in [-0.05, 0) is 41.6 Å². The van der Waals surface area contributed by atoms with Gasteiger partial charge < -0.3 is 4.57 Å². The van der Waals surface area contributed by atoms with Crippen LogP contribution in [-0.4, -0.2) is 26.9 Å². The summed E-state index contributed by atoms with van der Waals surface area (Å²) in [6.45, 7) is 2.01. The molecule has 0 radical (unpaired) electrons. The third-order valence-corrected chi connectivity index (χ3v) is 5.56. The van der Waals surface area contributed by atoms with Crippen LogP contribution in [0.25, 0.3) is 0 Å². The summed E-state index contributed by atoms with van der Waals surface area (Å²) >= 11 is 3.19. The molecule has 3 rings (SSSR count). The average molecular weight is 371 g/mol. The van der Waals surface area contributed by atoms with E-state index in [1.165, 1.54) is 0 Å². The van der Waals surface area contributed by atoms with Crippen LogP contribution in [0.2, 0.25) is 0 Å². The van der Waals surface area contributed by atoms with E-state index in [4.69, 9.17) is 0 Å². The van der Waals surface area contributed by atoms with Crippen LogP contribution in [0.3, 0.4) is 0 Å². The van der Waals surface area contributed by atoms with Gasteiger partial charge in [0.25, 0.3) is 5.91 Å². The van der Waals surface area contributed by atoms with Crippen LogP contribution in [0.4, 0.5) is 0 Å². The summed E-state index contributed by atoms with van der Waals surface area (Å²) in [7, 11) is 1.91. The summed E-state index contributed by atoms with van der Waals surface area (Å²) in [6.07, 6.45) is 3.35. The number of carbonyl (C=O) groups is 1. The van der Waals surface area contributed by atoms with Crippen molar-refractivity contribution >= 4 is 35.2 Å². The Labute approximate surface area is 154 Å². The van der Waals surface area contributed by atoms with Crippen LogP contribution < -0.4 is 5.43 Å². The molecular weight excluding hydrogens is 354 g/mol. The van der Waals surface area contributed by atoms with E-state index in [9.17, 15) is 4.79 Å². The van der Waals surface area contributed by atoms with Gasteiger partial charge in [-0.25, -0.2) is 5.43 Å². The van der Waals surface area contributed by atoms with E-state index < -0.39 is 0 Å². The molecule has 0 atom stereocenters. The molecule has 1 aromatic carbocycles. The highest BCUT2D eigenvalue weighted by atomic mass is 32.2. The second-order valence-corrected chi connectivity index (χ2v) is 7.27. The van der Waals surface area contributed by atoms with Crippen LogP contribution in [-0.2, 0) is 12.8 Å². The molecule has 128 valence electrons. The van der Waals surface area contributed by atoms with Crippen molar-refractivity contribution < 1.29 is 4.79 Å². The fourth-order valence-corrected chi connectivity index (χ4v) is 3.66. The molecule has 0 spiro atoms. The van der Waals surface area contributed by atoms with Gasteiger partial charge in [0.2, 0.25) is 0 Å². The van der Waals surface area contributed by atoms with E-state index in [-0.39, 0.29) is 5.91 Å². The number of hydrazone groups is 1. The van der Waals surface area contributed by atoms with Crippen molar-refractivity contribution in [2.45, 2.75) is 17.8 Å². The topological polar surface area (TPSA) is 72.2 Å². The maximum absolute atomic E-state index is 12.1. The van der Waals surface area contributed by atoms with Gasteiger partial charge in [0.05, 0.1) is 6.21 Å². The molecule has 0 fully saturated rings. The minimum atomic E-state index is -0.224. The summed E-state index contributed by atoms with van der Waals surface area (Å²) in [4.78, 5) is 13.1. The molecule has 6 nitrogen and oxygen atoms in total. The number of amides is 1. The fourth-order valence-electron chi connectivity index (χ4n) is 2.03. The summed E-state index contributed by atoms with van der Waals surface area (Å²) in [5.74, 6) is 0.544. The Morgan fingerprint density at radius 1 is 1.36 bits per heavy atom. The van der Waals surface area contributed by atoms with Crippen LogP contribution >= 0.6 is 23.1 Å². The predicted octanol–water partition coefficient (Wildman–Crippen LogP) is 3.24. The highest BCUT2D eigenvalue weighted by Crippen LogP contribution is 2.20. The Bertz CT molecular complexity index is 883. The SMILES string of the molecule is Cc1ccsc1/C=N\NC(=O)c1ccc(CSc2nncn2C)cc1. The number of rotatable bonds is 6. The predicted molar refractivity (Wildman–Crippen MR) is 101 cm³/mol. The number of thiophene rings is 1. The lowest BCUT2D eigenvalue weighted by molar-refractivity contribution is 0.0955. The smallest absolute Gasteiger partial charge is 0.271 e.